The number of anilines is 1. The predicted molar refractivity (Wildman–Crippen MR) is 140 cm³/mol. The first-order valence-corrected chi connectivity index (χ1v) is 12.4. The Hall–Kier alpha value is -3.38. The summed E-state index contributed by atoms with van der Waals surface area (Å²) in [6.07, 6.45) is 1.55. The van der Waals surface area contributed by atoms with Gasteiger partial charge in [-0.25, -0.2) is 0 Å². The standard InChI is InChI=1S/C28H30ClN3O3/c1-3-16-30-27(34)19(2)32(18-20-12-14-22(29)15-13-20)25(33)11-6-17-31-24-10-5-8-21-7-4-9-23(26(21)24)28(31)35/h4-5,7-10,12-15,19H,3,6,11,16-18H2,1-2H3,(H,30,34)/t19-/m0/s1. The molecule has 1 N–H and O–H groups in total. The molecule has 3 aromatic carbocycles. The highest BCUT2D eigenvalue weighted by molar-refractivity contribution is 6.30. The van der Waals surface area contributed by atoms with E-state index >= 15 is 0 Å². The number of carbonyl (C=O) groups excluding carboxylic acids is 3. The molecule has 0 spiro atoms. The Morgan fingerprint density at radius 1 is 1.06 bits per heavy atom. The van der Waals surface area contributed by atoms with Gasteiger partial charge in [0, 0.05) is 42.0 Å². The van der Waals surface area contributed by atoms with Crippen molar-refractivity contribution < 1.29 is 14.4 Å². The maximum absolute atomic E-state index is 13.3. The van der Waals surface area contributed by atoms with Crippen LogP contribution in [0.1, 0.15) is 49.0 Å². The lowest BCUT2D eigenvalue weighted by molar-refractivity contribution is -0.140. The molecule has 0 saturated heterocycles. The second-order valence-electron chi connectivity index (χ2n) is 8.86. The van der Waals surface area contributed by atoms with Crippen molar-refractivity contribution in [3.63, 3.8) is 0 Å². The summed E-state index contributed by atoms with van der Waals surface area (Å²) in [6.45, 7) is 5.04. The molecule has 0 unspecified atom stereocenters. The summed E-state index contributed by atoms with van der Waals surface area (Å²) in [5, 5.41) is 5.51. The fourth-order valence-electron chi connectivity index (χ4n) is 4.50. The molecule has 0 aromatic heterocycles. The molecule has 7 heteroatoms. The van der Waals surface area contributed by atoms with Crippen LogP contribution in [0.3, 0.4) is 0 Å². The summed E-state index contributed by atoms with van der Waals surface area (Å²) in [5.41, 5.74) is 2.49. The van der Waals surface area contributed by atoms with Crippen molar-refractivity contribution in [1.82, 2.24) is 10.2 Å². The third-order valence-electron chi connectivity index (χ3n) is 6.40. The first-order chi connectivity index (χ1) is 16.9. The molecular formula is C28H30ClN3O3. The number of halogens is 1. The van der Waals surface area contributed by atoms with Gasteiger partial charge in [-0.2, -0.15) is 0 Å². The van der Waals surface area contributed by atoms with E-state index in [1.807, 2.05) is 55.5 Å². The topological polar surface area (TPSA) is 69.7 Å². The quantitative estimate of drug-likeness (QED) is 0.425. The van der Waals surface area contributed by atoms with Crippen molar-refractivity contribution in [3.05, 3.63) is 76.8 Å². The van der Waals surface area contributed by atoms with Crippen LogP contribution in [-0.2, 0) is 16.1 Å². The molecule has 1 atom stereocenters. The van der Waals surface area contributed by atoms with Gasteiger partial charge >= 0.3 is 0 Å². The van der Waals surface area contributed by atoms with Crippen molar-refractivity contribution >= 4 is 45.8 Å². The maximum Gasteiger partial charge on any atom is 0.258 e. The average molecular weight is 492 g/mol. The summed E-state index contributed by atoms with van der Waals surface area (Å²) in [6, 6.07) is 18.3. The van der Waals surface area contributed by atoms with Crippen LogP contribution in [0.5, 0.6) is 0 Å². The van der Waals surface area contributed by atoms with Gasteiger partial charge in [-0.1, -0.05) is 54.9 Å². The summed E-state index contributed by atoms with van der Waals surface area (Å²) in [4.78, 5) is 42.4. The molecule has 3 amide bonds. The van der Waals surface area contributed by atoms with E-state index in [2.05, 4.69) is 5.32 Å². The summed E-state index contributed by atoms with van der Waals surface area (Å²) in [5.74, 6) is -0.331. The van der Waals surface area contributed by atoms with Crippen LogP contribution < -0.4 is 10.2 Å². The molecule has 0 radical (unpaired) electrons. The molecule has 6 nitrogen and oxygen atoms in total. The number of hydrogen-bond donors (Lipinski definition) is 1. The van der Waals surface area contributed by atoms with E-state index in [0.717, 1.165) is 28.4 Å². The molecule has 4 rings (SSSR count). The number of carbonyl (C=O) groups is 3. The van der Waals surface area contributed by atoms with Crippen molar-refractivity contribution in [2.45, 2.75) is 45.7 Å². The van der Waals surface area contributed by atoms with E-state index in [1.165, 1.54) is 0 Å². The van der Waals surface area contributed by atoms with Crippen LogP contribution in [0.2, 0.25) is 5.02 Å². The molecule has 0 bridgehead atoms. The number of hydrogen-bond acceptors (Lipinski definition) is 3. The van der Waals surface area contributed by atoms with Gasteiger partial charge in [0.2, 0.25) is 11.8 Å². The van der Waals surface area contributed by atoms with E-state index in [9.17, 15) is 14.4 Å². The molecule has 0 aliphatic carbocycles. The molecule has 1 aliphatic heterocycles. The smallest absolute Gasteiger partial charge is 0.258 e. The Balaban J connectivity index is 1.45. The lowest BCUT2D eigenvalue weighted by Crippen LogP contribution is -2.47. The molecule has 182 valence electrons. The number of amides is 3. The van der Waals surface area contributed by atoms with Crippen LogP contribution in [-0.4, -0.2) is 41.8 Å². The van der Waals surface area contributed by atoms with Gasteiger partial charge in [0.1, 0.15) is 6.04 Å². The van der Waals surface area contributed by atoms with E-state index in [1.54, 1.807) is 28.9 Å². The summed E-state index contributed by atoms with van der Waals surface area (Å²) < 4.78 is 0. The molecule has 35 heavy (non-hydrogen) atoms. The van der Waals surface area contributed by atoms with Gasteiger partial charge in [0.15, 0.2) is 0 Å². The van der Waals surface area contributed by atoms with E-state index in [0.29, 0.717) is 36.6 Å². The molecule has 1 heterocycles. The first-order valence-electron chi connectivity index (χ1n) is 12.1. The summed E-state index contributed by atoms with van der Waals surface area (Å²) >= 11 is 6.01. The minimum Gasteiger partial charge on any atom is -0.354 e. The predicted octanol–water partition coefficient (Wildman–Crippen LogP) is 5.18. The van der Waals surface area contributed by atoms with Crippen molar-refractivity contribution in [2.75, 3.05) is 18.0 Å². The zero-order chi connectivity index (χ0) is 24.9. The van der Waals surface area contributed by atoms with Crippen LogP contribution in [0.25, 0.3) is 10.8 Å². The first kappa shape index (κ1) is 24.7. The molecular weight excluding hydrogens is 462 g/mol. The van der Waals surface area contributed by atoms with E-state index in [4.69, 9.17) is 11.6 Å². The Bertz CT molecular complexity index is 1240. The largest absolute Gasteiger partial charge is 0.354 e. The van der Waals surface area contributed by atoms with Crippen LogP contribution in [0, 0.1) is 0 Å². The van der Waals surface area contributed by atoms with Crippen molar-refractivity contribution in [3.8, 4) is 0 Å². The average Bonchev–Trinajstić information content (AvgIpc) is 3.14. The lowest BCUT2D eigenvalue weighted by Gasteiger charge is -2.29. The highest BCUT2D eigenvalue weighted by atomic mass is 35.5. The highest BCUT2D eigenvalue weighted by Gasteiger charge is 2.30. The molecule has 1 aliphatic rings. The van der Waals surface area contributed by atoms with Crippen LogP contribution in [0.4, 0.5) is 5.69 Å². The fourth-order valence-corrected chi connectivity index (χ4v) is 4.62. The third kappa shape index (κ3) is 5.33. The number of nitrogens with zero attached hydrogens (tertiary/aromatic N) is 2. The third-order valence-corrected chi connectivity index (χ3v) is 6.66. The number of benzene rings is 3. The molecule has 3 aromatic rings. The Morgan fingerprint density at radius 3 is 2.49 bits per heavy atom. The number of nitrogens with one attached hydrogen (secondary N) is 1. The Kier molecular flexibility index (Phi) is 7.71. The van der Waals surface area contributed by atoms with Gasteiger partial charge in [0.05, 0.1) is 5.69 Å². The normalized spacial score (nSPS) is 13.2. The Morgan fingerprint density at radius 2 is 1.77 bits per heavy atom. The van der Waals surface area contributed by atoms with Gasteiger partial charge in [-0.15, -0.1) is 0 Å². The second-order valence-corrected chi connectivity index (χ2v) is 9.29. The minimum atomic E-state index is -0.615. The zero-order valence-electron chi connectivity index (χ0n) is 20.1. The van der Waals surface area contributed by atoms with Gasteiger partial charge < -0.3 is 15.1 Å². The molecule has 0 saturated carbocycles. The van der Waals surface area contributed by atoms with E-state index in [-0.39, 0.29) is 24.1 Å². The van der Waals surface area contributed by atoms with Gasteiger partial charge in [-0.3, -0.25) is 14.4 Å². The zero-order valence-corrected chi connectivity index (χ0v) is 20.8. The maximum atomic E-state index is 13.3. The van der Waals surface area contributed by atoms with E-state index < -0.39 is 6.04 Å². The molecule has 0 fully saturated rings. The number of rotatable bonds is 10. The fraction of sp³-hybridized carbons (Fsp3) is 0.321. The van der Waals surface area contributed by atoms with Gasteiger partial charge in [0.25, 0.3) is 5.91 Å². The summed E-state index contributed by atoms with van der Waals surface area (Å²) in [7, 11) is 0. The monoisotopic (exact) mass is 491 g/mol. The highest BCUT2D eigenvalue weighted by Crippen LogP contribution is 2.37. The SMILES string of the molecule is CCCNC(=O)[C@H](C)N(Cc1ccc(Cl)cc1)C(=O)CCCN1C(=O)c2cccc3cccc1c23. The van der Waals surface area contributed by atoms with Crippen LogP contribution >= 0.6 is 11.6 Å². The van der Waals surface area contributed by atoms with Crippen molar-refractivity contribution in [1.29, 1.82) is 0 Å². The van der Waals surface area contributed by atoms with Crippen molar-refractivity contribution in [2.24, 2.45) is 0 Å². The lowest BCUT2D eigenvalue weighted by atomic mass is 10.1. The van der Waals surface area contributed by atoms with Crippen LogP contribution in [0.15, 0.2) is 60.7 Å². The second kappa shape index (κ2) is 10.9. The Labute approximate surface area is 210 Å². The van der Waals surface area contributed by atoms with Gasteiger partial charge in [-0.05, 0) is 55.0 Å². The minimum absolute atomic E-state index is 0.0328.